The zero-order valence-electron chi connectivity index (χ0n) is 15.4. The van der Waals surface area contributed by atoms with Crippen molar-refractivity contribution in [2.24, 2.45) is 0 Å². The molecule has 0 amide bonds. The molecule has 4 aromatic rings. The molecule has 5 heteroatoms. The first-order valence-electron chi connectivity index (χ1n) is 8.75. The molecule has 0 aliphatic heterocycles. The van der Waals surface area contributed by atoms with E-state index in [1.807, 2.05) is 24.4 Å². The van der Waals surface area contributed by atoms with Gasteiger partial charge in [-0.1, -0.05) is 30.3 Å². The Morgan fingerprint density at radius 3 is 2.63 bits per heavy atom. The smallest absolute Gasteiger partial charge is 0.263 e. The zero-order valence-corrected chi connectivity index (χ0v) is 16.2. The molecule has 0 saturated carbocycles. The number of rotatable bonds is 3. The first kappa shape index (κ1) is 17.6. The van der Waals surface area contributed by atoms with E-state index in [2.05, 4.69) is 31.0 Å². The second-order valence-electron chi connectivity index (χ2n) is 6.81. The van der Waals surface area contributed by atoms with Crippen molar-refractivity contribution >= 4 is 21.6 Å². The minimum Gasteiger partial charge on any atom is -0.292 e. The second kappa shape index (κ2) is 6.74. The Kier molecular flexibility index (Phi) is 4.40. The van der Waals surface area contributed by atoms with Crippen LogP contribution in [-0.2, 0) is 6.54 Å². The molecule has 0 N–H and O–H groups in total. The lowest BCUT2D eigenvalue weighted by atomic mass is 10.0. The van der Waals surface area contributed by atoms with Crippen molar-refractivity contribution < 1.29 is 4.39 Å². The van der Waals surface area contributed by atoms with Crippen molar-refractivity contribution in [1.29, 1.82) is 0 Å². The van der Waals surface area contributed by atoms with Crippen molar-refractivity contribution in [3.63, 3.8) is 0 Å². The van der Waals surface area contributed by atoms with E-state index in [0.29, 0.717) is 17.8 Å². The third kappa shape index (κ3) is 3.19. The minimum atomic E-state index is -0.307. The molecule has 2 aromatic carbocycles. The molecule has 0 radical (unpaired) electrons. The number of halogens is 1. The molecule has 0 atom stereocenters. The molecular weight excluding hydrogens is 359 g/mol. The molecule has 2 heterocycles. The second-order valence-corrected chi connectivity index (χ2v) is 7.67. The summed E-state index contributed by atoms with van der Waals surface area (Å²) in [4.78, 5) is 18.6. The van der Waals surface area contributed by atoms with Gasteiger partial charge in [0.15, 0.2) is 0 Å². The van der Waals surface area contributed by atoms with Crippen LogP contribution in [0.2, 0.25) is 0 Å². The van der Waals surface area contributed by atoms with E-state index in [1.54, 1.807) is 10.6 Å². The van der Waals surface area contributed by atoms with E-state index >= 15 is 0 Å². The molecule has 0 aliphatic rings. The minimum absolute atomic E-state index is 0.0868. The average Bonchev–Trinajstić information content (AvgIpc) is 3.05. The van der Waals surface area contributed by atoms with Gasteiger partial charge in [0.25, 0.3) is 5.56 Å². The van der Waals surface area contributed by atoms with Crippen molar-refractivity contribution in [3.05, 3.63) is 86.5 Å². The third-order valence-electron chi connectivity index (χ3n) is 4.93. The van der Waals surface area contributed by atoms with Gasteiger partial charge in [0.05, 0.1) is 11.9 Å². The van der Waals surface area contributed by atoms with Crippen LogP contribution < -0.4 is 5.56 Å². The number of hydrogen-bond donors (Lipinski definition) is 0. The monoisotopic (exact) mass is 378 g/mol. The summed E-state index contributed by atoms with van der Waals surface area (Å²) < 4.78 is 15.1. The van der Waals surface area contributed by atoms with Gasteiger partial charge in [-0.05, 0) is 55.2 Å². The first-order chi connectivity index (χ1) is 12.9. The van der Waals surface area contributed by atoms with Crippen LogP contribution in [0, 0.1) is 26.6 Å². The van der Waals surface area contributed by atoms with Gasteiger partial charge in [-0.15, -0.1) is 11.3 Å². The fraction of sp³-hybridized carbons (Fsp3) is 0.182. The molecule has 0 aliphatic carbocycles. The summed E-state index contributed by atoms with van der Waals surface area (Å²) in [5.74, 6) is 0.323. The largest absolute Gasteiger partial charge is 0.292 e. The highest BCUT2D eigenvalue weighted by Crippen LogP contribution is 2.32. The van der Waals surface area contributed by atoms with Crippen LogP contribution in [-0.4, -0.2) is 9.55 Å². The molecule has 0 bridgehead atoms. The highest BCUT2D eigenvalue weighted by Gasteiger charge is 2.16. The number of nitrogens with zero attached hydrogens (tertiary/aromatic N) is 2. The summed E-state index contributed by atoms with van der Waals surface area (Å²) >= 11 is 1.48. The summed E-state index contributed by atoms with van der Waals surface area (Å²) in [5, 5.41) is 2.63. The van der Waals surface area contributed by atoms with Crippen molar-refractivity contribution in [3.8, 4) is 11.1 Å². The van der Waals surface area contributed by atoms with E-state index in [0.717, 1.165) is 21.5 Å². The summed E-state index contributed by atoms with van der Waals surface area (Å²) in [6.07, 6.45) is 0. The van der Waals surface area contributed by atoms with Crippen LogP contribution >= 0.6 is 11.3 Å². The lowest BCUT2D eigenvalue weighted by molar-refractivity contribution is 0.621. The van der Waals surface area contributed by atoms with Gasteiger partial charge in [0, 0.05) is 10.9 Å². The van der Waals surface area contributed by atoms with Crippen LogP contribution in [0.1, 0.15) is 22.5 Å². The quantitative estimate of drug-likeness (QED) is 0.489. The van der Waals surface area contributed by atoms with Gasteiger partial charge < -0.3 is 0 Å². The van der Waals surface area contributed by atoms with Gasteiger partial charge >= 0.3 is 0 Å². The summed E-state index contributed by atoms with van der Waals surface area (Å²) in [6.45, 7) is 6.25. The van der Waals surface area contributed by atoms with Gasteiger partial charge in [0.2, 0.25) is 0 Å². The first-order valence-corrected chi connectivity index (χ1v) is 9.62. The van der Waals surface area contributed by atoms with Crippen LogP contribution in [0.3, 0.4) is 0 Å². The van der Waals surface area contributed by atoms with Crippen molar-refractivity contribution in [2.45, 2.75) is 27.3 Å². The Balaban J connectivity index is 1.89. The van der Waals surface area contributed by atoms with E-state index in [9.17, 15) is 9.18 Å². The van der Waals surface area contributed by atoms with E-state index in [1.165, 1.54) is 34.6 Å². The lowest BCUT2D eigenvalue weighted by Crippen LogP contribution is -2.24. The molecular formula is C22H19FN2OS. The zero-order chi connectivity index (χ0) is 19.1. The van der Waals surface area contributed by atoms with Crippen LogP contribution in [0.5, 0.6) is 0 Å². The maximum absolute atomic E-state index is 13.5. The number of aryl methyl sites for hydroxylation is 3. The molecule has 0 saturated heterocycles. The molecule has 0 unspecified atom stereocenters. The maximum Gasteiger partial charge on any atom is 0.263 e. The highest BCUT2D eigenvalue weighted by molar-refractivity contribution is 7.17. The van der Waals surface area contributed by atoms with Gasteiger partial charge in [-0.25, -0.2) is 9.37 Å². The SMILES string of the molecule is Cc1ccc(-c2csc3nc(C)n(Cc4cccc(F)c4)c(=O)c23)cc1C. The number of thiophene rings is 1. The average molecular weight is 378 g/mol. The van der Waals surface area contributed by atoms with Crippen molar-refractivity contribution in [2.75, 3.05) is 0 Å². The van der Waals surface area contributed by atoms with E-state index in [4.69, 9.17) is 0 Å². The third-order valence-corrected chi connectivity index (χ3v) is 5.80. The number of aromatic nitrogens is 2. The Morgan fingerprint density at radius 1 is 1.07 bits per heavy atom. The standard InChI is InChI=1S/C22H19FN2OS/c1-13-7-8-17(9-14(13)2)19-12-27-21-20(19)22(26)25(15(3)24-21)11-16-5-4-6-18(23)10-16/h4-10,12H,11H2,1-3H3. The molecule has 0 fully saturated rings. The molecule has 27 heavy (non-hydrogen) atoms. The lowest BCUT2D eigenvalue weighted by Gasteiger charge is -2.11. The molecule has 0 spiro atoms. The van der Waals surface area contributed by atoms with Gasteiger partial charge in [-0.3, -0.25) is 9.36 Å². The number of fused-ring (bicyclic) bond motifs is 1. The predicted octanol–water partition coefficient (Wildman–Crippen LogP) is 5.24. The fourth-order valence-electron chi connectivity index (χ4n) is 3.25. The Morgan fingerprint density at radius 2 is 1.89 bits per heavy atom. The van der Waals surface area contributed by atoms with Crippen LogP contribution in [0.15, 0.2) is 52.6 Å². The highest BCUT2D eigenvalue weighted by atomic mass is 32.1. The Labute approximate surface area is 160 Å². The number of benzene rings is 2. The molecule has 3 nitrogen and oxygen atoms in total. The summed E-state index contributed by atoms with van der Waals surface area (Å²) in [5.41, 5.74) is 4.98. The van der Waals surface area contributed by atoms with E-state index < -0.39 is 0 Å². The van der Waals surface area contributed by atoms with Crippen LogP contribution in [0.4, 0.5) is 4.39 Å². The predicted molar refractivity (Wildman–Crippen MR) is 109 cm³/mol. The maximum atomic E-state index is 13.5. The van der Waals surface area contributed by atoms with E-state index in [-0.39, 0.29) is 11.4 Å². The molecule has 4 rings (SSSR count). The summed E-state index contributed by atoms with van der Waals surface area (Å²) in [7, 11) is 0. The molecule has 136 valence electrons. The normalized spacial score (nSPS) is 11.3. The Bertz CT molecular complexity index is 1220. The van der Waals surface area contributed by atoms with Crippen LogP contribution in [0.25, 0.3) is 21.3 Å². The van der Waals surface area contributed by atoms with Gasteiger partial charge in [0.1, 0.15) is 16.5 Å². The fourth-order valence-corrected chi connectivity index (χ4v) is 4.23. The van der Waals surface area contributed by atoms with Crippen molar-refractivity contribution in [1.82, 2.24) is 9.55 Å². The molecule has 2 aromatic heterocycles. The summed E-state index contributed by atoms with van der Waals surface area (Å²) in [6, 6.07) is 12.5. The van der Waals surface area contributed by atoms with Gasteiger partial charge in [-0.2, -0.15) is 0 Å². The topological polar surface area (TPSA) is 34.9 Å². The number of hydrogen-bond acceptors (Lipinski definition) is 3. The Hall–Kier alpha value is -2.79.